The van der Waals surface area contributed by atoms with Gasteiger partial charge < -0.3 is 4.98 Å². The lowest BCUT2D eigenvalue weighted by Gasteiger charge is -2.11. The Kier molecular flexibility index (Phi) is 3.42. The summed E-state index contributed by atoms with van der Waals surface area (Å²) in [6, 6.07) is 8.83. The largest absolute Gasteiger partial charge is 0.326 e. The van der Waals surface area contributed by atoms with Gasteiger partial charge >= 0.3 is 5.69 Å². The van der Waals surface area contributed by atoms with Crippen molar-refractivity contribution in [1.29, 1.82) is 0 Å². The summed E-state index contributed by atoms with van der Waals surface area (Å²) in [7, 11) is 1.74. The monoisotopic (exact) mass is 336 g/mol. The number of aryl methyl sites for hydroxylation is 1. The van der Waals surface area contributed by atoms with E-state index in [1.54, 1.807) is 17.7 Å². The molecule has 0 atom stereocenters. The van der Waals surface area contributed by atoms with E-state index >= 15 is 0 Å². The lowest BCUT2D eigenvalue weighted by Crippen LogP contribution is -2.13. The molecule has 0 saturated heterocycles. The van der Waals surface area contributed by atoms with Crippen LogP contribution in [0.2, 0.25) is 0 Å². The number of pyridine rings is 2. The van der Waals surface area contributed by atoms with Gasteiger partial charge in [0.1, 0.15) is 0 Å². The van der Waals surface area contributed by atoms with Crippen LogP contribution < -0.4 is 5.69 Å². The second-order valence-corrected chi connectivity index (χ2v) is 6.47. The molecule has 0 saturated carbocycles. The molecule has 4 aromatic rings. The molecule has 0 aliphatic rings. The number of benzene rings is 1. The van der Waals surface area contributed by atoms with E-state index in [0.29, 0.717) is 0 Å². The summed E-state index contributed by atoms with van der Waals surface area (Å²) in [6.07, 6.45) is 1.50. The Morgan fingerprint density at radius 3 is 2.60 bits per heavy atom. The van der Waals surface area contributed by atoms with Crippen molar-refractivity contribution in [3.63, 3.8) is 0 Å². The first kappa shape index (κ1) is 15.5. The second-order valence-electron chi connectivity index (χ2n) is 6.47. The van der Waals surface area contributed by atoms with E-state index in [0.717, 1.165) is 38.8 Å². The number of fused-ring (bicyclic) bond motifs is 3. The van der Waals surface area contributed by atoms with Crippen LogP contribution in [0.15, 0.2) is 41.3 Å². The maximum atomic E-state index is 13.1. The number of nitrogens with zero attached hydrogens (tertiary/aromatic N) is 3. The van der Waals surface area contributed by atoms with Gasteiger partial charge in [-0.1, -0.05) is 19.9 Å². The molecular weight excluding hydrogens is 319 g/mol. The highest BCUT2D eigenvalue weighted by molar-refractivity contribution is 6.04. The maximum absolute atomic E-state index is 13.1. The summed E-state index contributed by atoms with van der Waals surface area (Å²) in [5.41, 5.74) is 4.84. The highest BCUT2D eigenvalue weighted by Crippen LogP contribution is 2.31. The molecule has 0 spiro atoms. The molecule has 0 aliphatic heterocycles. The van der Waals surface area contributed by atoms with E-state index in [9.17, 15) is 9.18 Å². The van der Waals surface area contributed by atoms with Gasteiger partial charge in [-0.2, -0.15) is 4.39 Å². The molecule has 0 amide bonds. The molecule has 25 heavy (non-hydrogen) atoms. The quantitative estimate of drug-likeness (QED) is 0.567. The number of H-pyrrole nitrogens is 1. The molecule has 4 rings (SSSR count). The normalized spacial score (nSPS) is 11.7. The number of aromatic amines is 1. The maximum Gasteiger partial charge on any atom is 0.326 e. The first-order valence-corrected chi connectivity index (χ1v) is 8.10. The van der Waals surface area contributed by atoms with Crippen molar-refractivity contribution in [3.8, 4) is 11.1 Å². The van der Waals surface area contributed by atoms with Crippen molar-refractivity contribution < 1.29 is 4.39 Å². The average molecular weight is 336 g/mol. The van der Waals surface area contributed by atoms with Crippen LogP contribution in [0.5, 0.6) is 0 Å². The molecule has 0 bridgehead atoms. The Hall–Kier alpha value is -3.02. The third kappa shape index (κ3) is 2.41. The van der Waals surface area contributed by atoms with Crippen molar-refractivity contribution >= 4 is 21.9 Å². The number of aromatic nitrogens is 4. The molecule has 3 heterocycles. The fourth-order valence-corrected chi connectivity index (χ4v) is 3.16. The fourth-order valence-electron chi connectivity index (χ4n) is 3.16. The smallest absolute Gasteiger partial charge is 0.305 e. The van der Waals surface area contributed by atoms with Gasteiger partial charge in [0.2, 0.25) is 5.95 Å². The van der Waals surface area contributed by atoms with Crippen LogP contribution in [0.3, 0.4) is 0 Å². The van der Waals surface area contributed by atoms with Crippen molar-refractivity contribution in [2.45, 2.75) is 19.8 Å². The van der Waals surface area contributed by atoms with Gasteiger partial charge in [-0.15, -0.1) is 0 Å². The molecule has 6 heteroatoms. The summed E-state index contributed by atoms with van der Waals surface area (Å²) in [6.45, 7) is 4.12. The molecule has 0 aliphatic carbocycles. The minimum absolute atomic E-state index is 0.167. The molecule has 0 fully saturated rings. The average Bonchev–Trinajstić information content (AvgIpc) is 2.90. The molecule has 1 N–H and O–H groups in total. The van der Waals surface area contributed by atoms with Gasteiger partial charge in [0.15, 0.2) is 0 Å². The highest BCUT2D eigenvalue weighted by Gasteiger charge is 2.17. The van der Waals surface area contributed by atoms with Crippen LogP contribution in [0.4, 0.5) is 4.39 Å². The number of hydrogen-bond acceptors (Lipinski definition) is 3. The highest BCUT2D eigenvalue weighted by atomic mass is 19.1. The Labute approximate surface area is 143 Å². The van der Waals surface area contributed by atoms with E-state index in [4.69, 9.17) is 4.98 Å². The second kappa shape index (κ2) is 5.51. The van der Waals surface area contributed by atoms with Gasteiger partial charge in [-0.3, -0.25) is 9.55 Å². The fraction of sp³-hybridized carbons (Fsp3) is 0.211. The Bertz CT molecular complexity index is 1160. The molecule has 0 unspecified atom stereocenters. The molecule has 0 radical (unpaired) electrons. The van der Waals surface area contributed by atoms with Gasteiger partial charge in [0, 0.05) is 24.2 Å². The van der Waals surface area contributed by atoms with Gasteiger partial charge in [0.25, 0.3) is 0 Å². The Balaban J connectivity index is 2.06. The summed E-state index contributed by atoms with van der Waals surface area (Å²) >= 11 is 0. The topological polar surface area (TPSA) is 63.6 Å². The van der Waals surface area contributed by atoms with Crippen LogP contribution in [-0.2, 0) is 7.05 Å². The van der Waals surface area contributed by atoms with E-state index in [1.165, 1.54) is 12.3 Å². The van der Waals surface area contributed by atoms with Crippen molar-refractivity contribution in [2.24, 2.45) is 7.05 Å². The van der Waals surface area contributed by atoms with E-state index < -0.39 is 5.95 Å². The standard InChI is InChI=1S/C19H17FN4O/c1-10(2)16-18-17(23-19(25)24(18)3)13-8-11(4-6-14(13)22-16)12-5-7-15(20)21-9-12/h4-10H,1-3H3,(H,23,25). The van der Waals surface area contributed by atoms with Crippen LogP contribution in [0.1, 0.15) is 25.5 Å². The predicted molar refractivity (Wildman–Crippen MR) is 96.1 cm³/mol. The van der Waals surface area contributed by atoms with Crippen LogP contribution >= 0.6 is 0 Å². The number of imidazole rings is 1. The van der Waals surface area contributed by atoms with E-state index in [2.05, 4.69) is 23.8 Å². The van der Waals surface area contributed by atoms with Gasteiger partial charge in [-0.05, 0) is 35.7 Å². The number of hydrogen-bond donors (Lipinski definition) is 1. The Morgan fingerprint density at radius 1 is 1.16 bits per heavy atom. The van der Waals surface area contributed by atoms with Crippen LogP contribution in [-0.4, -0.2) is 19.5 Å². The van der Waals surface area contributed by atoms with Crippen LogP contribution in [0, 0.1) is 5.95 Å². The van der Waals surface area contributed by atoms with Crippen molar-refractivity contribution in [2.75, 3.05) is 0 Å². The summed E-state index contributed by atoms with van der Waals surface area (Å²) < 4.78 is 14.7. The summed E-state index contributed by atoms with van der Waals surface area (Å²) in [5.74, 6) is -0.322. The first-order valence-electron chi connectivity index (χ1n) is 8.10. The number of nitrogens with one attached hydrogen (secondary N) is 1. The van der Waals surface area contributed by atoms with Crippen LogP contribution in [0.25, 0.3) is 33.1 Å². The zero-order valence-electron chi connectivity index (χ0n) is 14.2. The third-order valence-corrected chi connectivity index (χ3v) is 4.47. The zero-order valence-corrected chi connectivity index (χ0v) is 14.2. The summed E-state index contributed by atoms with van der Waals surface area (Å²) in [4.78, 5) is 23.6. The molecule has 126 valence electrons. The van der Waals surface area contributed by atoms with Crippen molar-refractivity contribution in [3.05, 3.63) is 58.7 Å². The Morgan fingerprint density at radius 2 is 1.92 bits per heavy atom. The zero-order chi connectivity index (χ0) is 17.7. The molecule has 5 nitrogen and oxygen atoms in total. The number of rotatable bonds is 2. The van der Waals surface area contributed by atoms with Gasteiger partial charge in [-0.25, -0.2) is 9.78 Å². The van der Waals surface area contributed by atoms with E-state index in [-0.39, 0.29) is 11.6 Å². The SMILES string of the molecule is CC(C)c1nc2ccc(-c3ccc(F)nc3)cc2c2[nH]c(=O)n(C)c12. The minimum Gasteiger partial charge on any atom is -0.305 e. The third-order valence-electron chi connectivity index (χ3n) is 4.47. The van der Waals surface area contributed by atoms with Crippen molar-refractivity contribution in [1.82, 2.24) is 19.5 Å². The van der Waals surface area contributed by atoms with Gasteiger partial charge in [0.05, 0.1) is 22.2 Å². The number of halogens is 1. The lowest BCUT2D eigenvalue weighted by atomic mass is 10.0. The predicted octanol–water partition coefficient (Wildman–Crippen LogP) is 3.74. The van der Waals surface area contributed by atoms with E-state index in [1.807, 2.05) is 18.2 Å². The molecule has 1 aromatic carbocycles. The summed E-state index contributed by atoms with van der Waals surface area (Å²) in [5, 5.41) is 0.860. The lowest BCUT2D eigenvalue weighted by molar-refractivity contribution is 0.584. The molecular formula is C19H17FN4O. The minimum atomic E-state index is -0.512. The molecule has 3 aromatic heterocycles. The first-order chi connectivity index (χ1) is 12.0.